The van der Waals surface area contributed by atoms with Crippen LogP contribution in [0, 0.1) is 11.2 Å². The fourth-order valence-corrected chi connectivity index (χ4v) is 2.37. The molecule has 0 unspecified atom stereocenters. The number of nitrogens with one attached hydrogen (secondary N) is 1. The van der Waals surface area contributed by atoms with Crippen molar-refractivity contribution in [2.24, 2.45) is 5.41 Å². The summed E-state index contributed by atoms with van der Waals surface area (Å²) < 4.78 is 43.2. The molecule has 2 N–H and O–H groups in total. The highest BCUT2D eigenvalue weighted by atomic mass is 32.2. The lowest BCUT2D eigenvalue weighted by Crippen LogP contribution is -2.23. The minimum absolute atomic E-state index is 0.00833. The van der Waals surface area contributed by atoms with Crippen LogP contribution in [-0.2, 0) is 10.1 Å². The molecule has 124 valence electrons. The van der Waals surface area contributed by atoms with Crippen LogP contribution in [0.25, 0.3) is 0 Å². The third-order valence-corrected chi connectivity index (χ3v) is 3.77. The fraction of sp³-hybridized carbons (Fsp3) is 0.500. The van der Waals surface area contributed by atoms with Gasteiger partial charge in [-0.2, -0.15) is 8.42 Å². The molecule has 1 aromatic rings. The summed E-state index contributed by atoms with van der Waals surface area (Å²) in [6, 6.07) is 6.05. The van der Waals surface area contributed by atoms with Crippen LogP contribution in [0.3, 0.4) is 0 Å². The van der Waals surface area contributed by atoms with Gasteiger partial charge in [0.25, 0.3) is 10.1 Å². The van der Waals surface area contributed by atoms with Gasteiger partial charge in [-0.3, -0.25) is 4.55 Å². The molecule has 1 atom stereocenters. The van der Waals surface area contributed by atoms with E-state index in [4.69, 9.17) is 4.55 Å². The Balaban J connectivity index is 2.74. The molecule has 0 spiro atoms. The summed E-state index contributed by atoms with van der Waals surface area (Å²) in [5, 5.41) is 3.22. The van der Waals surface area contributed by atoms with E-state index in [0.717, 1.165) is 5.56 Å². The van der Waals surface area contributed by atoms with Crippen LogP contribution in [0.1, 0.15) is 38.8 Å². The summed E-state index contributed by atoms with van der Waals surface area (Å²) in [6.07, 6.45) is 4.34. The standard InChI is InChI=1S/C16H24FNO3S/c1-16(2,3)10-9-15(13-5-7-14(17)8-6-13)18-11-4-12-22(19,20)21/h5-10,15,18H,4,11-12H2,1-3H3,(H,19,20,21)/b10-9+/t15-/m1/s1. The van der Waals surface area contributed by atoms with E-state index >= 15 is 0 Å². The lowest BCUT2D eigenvalue weighted by Gasteiger charge is -2.18. The van der Waals surface area contributed by atoms with E-state index in [1.54, 1.807) is 12.1 Å². The average Bonchev–Trinajstić information content (AvgIpc) is 2.37. The van der Waals surface area contributed by atoms with Gasteiger partial charge in [0.05, 0.1) is 11.8 Å². The van der Waals surface area contributed by atoms with E-state index < -0.39 is 10.1 Å². The van der Waals surface area contributed by atoms with Gasteiger partial charge in [-0.1, -0.05) is 45.1 Å². The molecule has 0 aliphatic carbocycles. The number of hydrogen-bond donors (Lipinski definition) is 2. The molecule has 0 fully saturated rings. The normalized spacial score (nSPS) is 14.4. The van der Waals surface area contributed by atoms with Crippen LogP contribution in [-0.4, -0.2) is 25.3 Å². The first-order valence-electron chi connectivity index (χ1n) is 7.20. The molecule has 1 aromatic carbocycles. The van der Waals surface area contributed by atoms with E-state index in [-0.39, 0.29) is 23.0 Å². The van der Waals surface area contributed by atoms with Crippen molar-refractivity contribution in [2.75, 3.05) is 12.3 Å². The molecule has 0 heterocycles. The minimum atomic E-state index is -3.94. The van der Waals surface area contributed by atoms with Gasteiger partial charge in [0, 0.05) is 0 Å². The Morgan fingerprint density at radius 1 is 1.27 bits per heavy atom. The second-order valence-corrected chi connectivity index (χ2v) is 7.92. The molecule has 0 bridgehead atoms. The van der Waals surface area contributed by atoms with E-state index in [9.17, 15) is 12.8 Å². The third kappa shape index (κ3) is 8.26. The quantitative estimate of drug-likeness (QED) is 0.457. The Morgan fingerprint density at radius 2 is 1.86 bits per heavy atom. The van der Waals surface area contributed by atoms with Gasteiger partial charge in [-0.15, -0.1) is 0 Å². The highest BCUT2D eigenvalue weighted by Crippen LogP contribution is 2.20. The summed E-state index contributed by atoms with van der Waals surface area (Å²) >= 11 is 0. The van der Waals surface area contributed by atoms with Crippen LogP contribution in [0.2, 0.25) is 0 Å². The Kier molecular flexibility index (Phi) is 6.71. The maximum Gasteiger partial charge on any atom is 0.264 e. The molecule has 1 rings (SSSR count). The lowest BCUT2D eigenvalue weighted by molar-refractivity contribution is 0.478. The largest absolute Gasteiger partial charge is 0.307 e. The van der Waals surface area contributed by atoms with E-state index in [0.29, 0.717) is 13.0 Å². The lowest BCUT2D eigenvalue weighted by atomic mass is 9.94. The van der Waals surface area contributed by atoms with Gasteiger partial charge in [0.15, 0.2) is 0 Å². The van der Waals surface area contributed by atoms with E-state index in [1.807, 2.05) is 6.08 Å². The first kappa shape index (κ1) is 18.8. The summed E-state index contributed by atoms with van der Waals surface area (Å²) in [5.41, 5.74) is 0.905. The van der Waals surface area contributed by atoms with Gasteiger partial charge in [-0.05, 0) is 36.1 Å². The van der Waals surface area contributed by atoms with Gasteiger partial charge >= 0.3 is 0 Å². The number of allylic oxidation sites excluding steroid dienone is 1. The second kappa shape index (κ2) is 7.85. The Hall–Kier alpha value is -1.24. The van der Waals surface area contributed by atoms with Crippen LogP contribution >= 0.6 is 0 Å². The van der Waals surface area contributed by atoms with Gasteiger partial charge in [0.1, 0.15) is 5.82 Å². The van der Waals surface area contributed by atoms with Crippen molar-refractivity contribution >= 4 is 10.1 Å². The molecule has 0 radical (unpaired) electrons. The van der Waals surface area contributed by atoms with Crippen LogP contribution < -0.4 is 5.32 Å². The van der Waals surface area contributed by atoms with Crippen molar-refractivity contribution in [2.45, 2.75) is 33.2 Å². The van der Waals surface area contributed by atoms with Gasteiger partial charge < -0.3 is 5.32 Å². The predicted molar refractivity (Wildman–Crippen MR) is 86.8 cm³/mol. The predicted octanol–water partition coefficient (Wildman–Crippen LogP) is 3.34. The summed E-state index contributed by atoms with van der Waals surface area (Å²) in [4.78, 5) is 0. The molecule has 22 heavy (non-hydrogen) atoms. The average molecular weight is 329 g/mol. The second-order valence-electron chi connectivity index (χ2n) is 6.35. The topological polar surface area (TPSA) is 66.4 Å². The van der Waals surface area contributed by atoms with Gasteiger partial charge in [0.2, 0.25) is 0 Å². The first-order valence-corrected chi connectivity index (χ1v) is 8.81. The Labute approximate surface area is 132 Å². The zero-order valence-corrected chi connectivity index (χ0v) is 14.0. The number of benzene rings is 1. The summed E-state index contributed by atoms with van der Waals surface area (Å²) in [5.74, 6) is -0.576. The molecular formula is C16H24FNO3S. The SMILES string of the molecule is CC(C)(C)/C=C/[C@@H](NCCCS(=O)(=O)O)c1ccc(F)cc1. The van der Waals surface area contributed by atoms with Crippen molar-refractivity contribution in [3.63, 3.8) is 0 Å². The van der Waals surface area contributed by atoms with Crippen molar-refractivity contribution in [3.8, 4) is 0 Å². The Bertz CT molecular complexity index is 589. The Morgan fingerprint density at radius 3 is 2.36 bits per heavy atom. The summed E-state index contributed by atoms with van der Waals surface area (Å²) in [6.45, 7) is 6.65. The number of halogens is 1. The molecule has 0 aromatic heterocycles. The maximum atomic E-state index is 13.0. The zero-order valence-electron chi connectivity index (χ0n) is 13.2. The van der Waals surface area contributed by atoms with E-state index in [1.165, 1.54) is 12.1 Å². The fourth-order valence-electron chi connectivity index (χ4n) is 1.86. The third-order valence-electron chi connectivity index (χ3n) is 2.96. The monoisotopic (exact) mass is 329 g/mol. The molecule has 0 aliphatic rings. The van der Waals surface area contributed by atoms with Crippen molar-refractivity contribution in [1.82, 2.24) is 5.32 Å². The molecule has 0 aliphatic heterocycles. The number of rotatable bonds is 7. The molecule has 0 saturated carbocycles. The van der Waals surface area contributed by atoms with Crippen LogP contribution in [0.5, 0.6) is 0 Å². The van der Waals surface area contributed by atoms with Gasteiger partial charge in [-0.25, -0.2) is 4.39 Å². The molecular weight excluding hydrogens is 305 g/mol. The smallest absolute Gasteiger partial charge is 0.264 e. The van der Waals surface area contributed by atoms with Crippen molar-refractivity contribution in [1.29, 1.82) is 0 Å². The maximum absolute atomic E-state index is 13.0. The highest BCUT2D eigenvalue weighted by molar-refractivity contribution is 7.85. The van der Waals surface area contributed by atoms with Crippen molar-refractivity contribution < 1.29 is 17.4 Å². The van der Waals surface area contributed by atoms with Crippen LogP contribution in [0.4, 0.5) is 4.39 Å². The minimum Gasteiger partial charge on any atom is -0.307 e. The molecule has 6 heteroatoms. The zero-order chi connectivity index (χ0) is 16.8. The molecule has 0 amide bonds. The number of hydrogen-bond acceptors (Lipinski definition) is 3. The first-order chi connectivity index (χ1) is 10.1. The molecule has 0 saturated heterocycles. The van der Waals surface area contributed by atoms with E-state index in [2.05, 4.69) is 32.2 Å². The summed E-state index contributed by atoms with van der Waals surface area (Å²) in [7, 11) is -3.94. The highest BCUT2D eigenvalue weighted by Gasteiger charge is 2.11. The van der Waals surface area contributed by atoms with Crippen molar-refractivity contribution in [3.05, 3.63) is 47.8 Å². The van der Waals surface area contributed by atoms with Crippen LogP contribution in [0.15, 0.2) is 36.4 Å². The molecule has 4 nitrogen and oxygen atoms in total.